The molecule has 28 heavy (non-hydrogen) atoms. The number of carbonyl (C=O) groups excluding carboxylic acids is 2. The molecule has 0 unspecified atom stereocenters. The third-order valence-corrected chi connectivity index (χ3v) is 4.38. The Labute approximate surface area is 162 Å². The Kier molecular flexibility index (Phi) is 6.15. The second-order valence-electron chi connectivity index (χ2n) is 5.80. The van der Waals surface area contributed by atoms with Crippen molar-refractivity contribution in [1.82, 2.24) is 9.47 Å². The first-order valence-electron chi connectivity index (χ1n) is 8.54. The van der Waals surface area contributed by atoms with E-state index in [4.69, 9.17) is 15.2 Å². The summed E-state index contributed by atoms with van der Waals surface area (Å²) in [4.78, 5) is 26.6. The number of hydrogen-bond acceptors (Lipinski definition) is 7. The fraction of sp³-hybridized carbons (Fsp3) is 0.316. The molecule has 0 aliphatic carbocycles. The van der Waals surface area contributed by atoms with Gasteiger partial charge in [-0.25, -0.2) is 4.79 Å². The Morgan fingerprint density at radius 1 is 1.29 bits per heavy atom. The number of hydrogen-bond donors (Lipinski definition) is 2. The van der Waals surface area contributed by atoms with Gasteiger partial charge in [0.15, 0.2) is 17.2 Å². The number of nitrogen functional groups attached to an aromatic ring is 1. The molecule has 0 bridgehead atoms. The molecule has 1 heterocycles. The first-order valence-corrected chi connectivity index (χ1v) is 8.54. The molecule has 0 saturated carbocycles. The number of nitrogens with zero attached hydrogens (tertiary/aromatic N) is 3. The third kappa shape index (κ3) is 3.44. The Morgan fingerprint density at radius 3 is 2.43 bits per heavy atom. The van der Waals surface area contributed by atoms with Crippen molar-refractivity contribution in [2.75, 3.05) is 33.0 Å². The molecule has 3 N–H and O–H groups in total. The Bertz CT molecular complexity index is 954. The van der Waals surface area contributed by atoms with Gasteiger partial charge in [0.05, 0.1) is 31.2 Å². The van der Waals surface area contributed by atoms with E-state index in [0.717, 1.165) is 0 Å². The third-order valence-electron chi connectivity index (χ3n) is 4.38. The number of aromatic hydroxyl groups is 1. The summed E-state index contributed by atoms with van der Waals surface area (Å²) in [6.07, 6.45) is 1.29. The summed E-state index contributed by atoms with van der Waals surface area (Å²) in [5.41, 5.74) is 6.01. The molecular weight excluding hydrogens is 364 g/mol. The molecule has 1 amide bonds. The van der Waals surface area contributed by atoms with E-state index in [1.54, 1.807) is 4.90 Å². The minimum Gasteiger partial charge on any atom is -0.503 e. The lowest BCUT2D eigenvalue weighted by atomic mass is 10.1. The van der Waals surface area contributed by atoms with Crippen molar-refractivity contribution in [3.05, 3.63) is 35.2 Å². The van der Waals surface area contributed by atoms with Crippen LogP contribution in [0.25, 0.3) is 5.69 Å². The summed E-state index contributed by atoms with van der Waals surface area (Å²) in [6.45, 7) is 4.69. The molecule has 9 heteroatoms. The minimum atomic E-state index is -0.794. The average molecular weight is 386 g/mol. The second kappa shape index (κ2) is 8.35. The molecule has 0 spiro atoms. The van der Waals surface area contributed by atoms with Crippen molar-refractivity contribution in [1.29, 1.82) is 5.26 Å². The highest BCUT2D eigenvalue weighted by atomic mass is 16.5. The highest BCUT2D eigenvalue weighted by Gasteiger charge is 2.26. The van der Waals surface area contributed by atoms with Crippen LogP contribution in [-0.2, 0) is 4.74 Å². The number of aromatic nitrogens is 1. The zero-order chi connectivity index (χ0) is 21.0. The molecule has 1 aromatic heterocycles. The van der Waals surface area contributed by atoms with E-state index in [9.17, 15) is 20.0 Å². The van der Waals surface area contributed by atoms with Gasteiger partial charge in [0.1, 0.15) is 6.07 Å². The van der Waals surface area contributed by atoms with Gasteiger partial charge in [-0.3, -0.25) is 4.79 Å². The van der Waals surface area contributed by atoms with Crippen LogP contribution in [-0.4, -0.2) is 53.8 Å². The van der Waals surface area contributed by atoms with Gasteiger partial charge in [-0.15, -0.1) is 0 Å². The first kappa shape index (κ1) is 20.6. The van der Waals surface area contributed by atoms with E-state index in [1.165, 1.54) is 37.1 Å². The van der Waals surface area contributed by atoms with Gasteiger partial charge < -0.3 is 29.8 Å². The summed E-state index contributed by atoms with van der Waals surface area (Å²) >= 11 is 0. The van der Waals surface area contributed by atoms with Gasteiger partial charge in [0.25, 0.3) is 5.91 Å². The van der Waals surface area contributed by atoms with Crippen LogP contribution in [0, 0.1) is 11.3 Å². The van der Waals surface area contributed by atoms with Gasteiger partial charge in [-0.05, 0) is 26.0 Å². The van der Waals surface area contributed by atoms with Crippen LogP contribution >= 0.6 is 0 Å². The summed E-state index contributed by atoms with van der Waals surface area (Å²) in [5.74, 6) is -1.35. The molecule has 0 radical (unpaired) electrons. The standard InChI is InChI=1S/C19H22N4O5/c1-5-22(6-2)18(25)11-7-13(17(24)14(8-11)27-3)23-10-12(9-20)15(21)16(23)19(26)28-4/h7-8,10,24H,5-6,21H2,1-4H3. The number of anilines is 1. The molecular formula is C19H22N4O5. The number of methoxy groups -OCH3 is 2. The molecule has 1 aromatic carbocycles. The zero-order valence-corrected chi connectivity index (χ0v) is 16.1. The van der Waals surface area contributed by atoms with E-state index in [0.29, 0.717) is 13.1 Å². The molecule has 0 saturated heterocycles. The lowest BCUT2D eigenvalue weighted by molar-refractivity contribution is 0.0592. The Morgan fingerprint density at radius 2 is 1.93 bits per heavy atom. The van der Waals surface area contributed by atoms with Crippen molar-refractivity contribution in [2.45, 2.75) is 13.8 Å². The van der Waals surface area contributed by atoms with Crippen LogP contribution in [0.5, 0.6) is 11.5 Å². The number of phenolic OH excluding ortho intramolecular Hbond substituents is 1. The van der Waals surface area contributed by atoms with Crippen LogP contribution in [0.1, 0.15) is 40.3 Å². The van der Waals surface area contributed by atoms with Crippen LogP contribution < -0.4 is 10.5 Å². The van der Waals surface area contributed by atoms with Crippen LogP contribution in [0.15, 0.2) is 18.3 Å². The number of benzene rings is 1. The maximum absolute atomic E-state index is 12.8. The highest BCUT2D eigenvalue weighted by Crippen LogP contribution is 2.37. The second-order valence-corrected chi connectivity index (χ2v) is 5.80. The zero-order valence-electron chi connectivity index (χ0n) is 16.1. The average Bonchev–Trinajstić information content (AvgIpc) is 3.04. The maximum Gasteiger partial charge on any atom is 0.357 e. The number of rotatable bonds is 6. The summed E-state index contributed by atoms with van der Waals surface area (Å²) in [7, 11) is 2.52. The van der Waals surface area contributed by atoms with Crippen molar-refractivity contribution in [3.8, 4) is 23.3 Å². The number of nitriles is 1. The number of nitrogens with two attached hydrogens (primary N) is 1. The number of carbonyl (C=O) groups is 2. The van der Waals surface area contributed by atoms with Crippen molar-refractivity contribution in [3.63, 3.8) is 0 Å². The van der Waals surface area contributed by atoms with Gasteiger partial charge in [-0.1, -0.05) is 0 Å². The van der Waals surface area contributed by atoms with Crippen molar-refractivity contribution in [2.24, 2.45) is 0 Å². The SMILES string of the molecule is CCN(CC)C(=O)c1cc(OC)c(O)c(-n2cc(C#N)c(N)c2C(=O)OC)c1. The van der Waals surface area contributed by atoms with Crippen LogP contribution in [0.2, 0.25) is 0 Å². The van der Waals surface area contributed by atoms with Crippen molar-refractivity contribution < 1.29 is 24.2 Å². The maximum atomic E-state index is 12.8. The molecule has 9 nitrogen and oxygen atoms in total. The lowest BCUT2D eigenvalue weighted by Crippen LogP contribution is -2.30. The predicted molar refractivity (Wildman–Crippen MR) is 102 cm³/mol. The topological polar surface area (TPSA) is 131 Å². The molecule has 148 valence electrons. The summed E-state index contributed by atoms with van der Waals surface area (Å²) in [5, 5.41) is 19.9. The van der Waals surface area contributed by atoms with Gasteiger partial charge in [-0.2, -0.15) is 5.26 Å². The van der Waals surface area contributed by atoms with Gasteiger partial charge in [0, 0.05) is 24.8 Å². The summed E-state index contributed by atoms with van der Waals surface area (Å²) < 4.78 is 11.2. The molecule has 2 aromatic rings. The van der Waals surface area contributed by atoms with Crippen LogP contribution in [0.4, 0.5) is 5.69 Å². The minimum absolute atomic E-state index is 0.0271. The number of ether oxygens (including phenoxy) is 2. The van der Waals surface area contributed by atoms with Crippen LogP contribution in [0.3, 0.4) is 0 Å². The van der Waals surface area contributed by atoms with E-state index >= 15 is 0 Å². The highest BCUT2D eigenvalue weighted by molar-refractivity contribution is 5.98. The molecule has 0 aliphatic rings. The molecule has 2 rings (SSSR count). The number of phenols is 1. The van der Waals surface area contributed by atoms with Crippen molar-refractivity contribution >= 4 is 17.6 Å². The normalized spacial score (nSPS) is 10.2. The smallest absolute Gasteiger partial charge is 0.357 e. The van der Waals surface area contributed by atoms with E-state index in [2.05, 4.69) is 0 Å². The fourth-order valence-corrected chi connectivity index (χ4v) is 2.85. The predicted octanol–water partition coefficient (Wildman–Crippen LogP) is 1.91. The first-order chi connectivity index (χ1) is 13.3. The summed E-state index contributed by atoms with van der Waals surface area (Å²) in [6, 6.07) is 4.71. The van der Waals surface area contributed by atoms with E-state index in [1.807, 2.05) is 19.9 Å². The quantitative estimate of drug-likeness (QED) is 0.725. The van der Waals surface area contributed by atoms with E-state index < -0.39 is 5.97 Å². The van der Waals surface area contributed by atoms with E-state index in [-0.39, 0.29) is 45.6 Å². The largest absolute Gasteiger partial charge is 0.503 e. The Hall–Kier alpha value is -3.67. The molecule has 0 aliphatic heterocycles. The fourth-order valence-electron chi connectivity index (χ4n) is 2.85. The number of amides is 1. The number of esters is 1. The molecule has 0 fully saturated rings. The Balaban J connectivity index is 2.80. The molecule has 0 atom stereocenters. The lowest BCUT2D eigenvalue weighted by Gasteiger charge is -2.20. The van der Waals surface area contributed by atoms with Gasteiger partial charge in [0.2, 0.25) is 0 Å². The monoisotopic (exact) mass is 386 g/mol. The van der Waals surface area contributed by atoms with Gasteiger partial charge >= 0.3 is 5.97 Å².